The number of hydrogen-bond donors (Lipinski definition) is 2. The molecule has 0 aliphatic carbocycles. The molecule has 0 saturated carbocycles. The number of aromatic nitrogens is 2. The van der Waals surface area contributed by atoms with Gasteiger partial charge in [0.1, 0.15) is 5.01 Å². The van der Waals surface area contributed by atoms with Gasteiger partial charge in [0.25, 0.3) is 5.91 Å². The molecule has 0 bridgehead atoms. The minimum atomic E-state index is -0.285. The van der Waals surface area contributed by atoms with Gasteiger partial charge < -0.3 is 10.6 Å². The van der Waals surface area contributed by atoms with Gasteiger partial charge in [0.15, 0.2) is 0 Å². The van der Waals surface area contributed by atoms with E-state index in [1.165, 1.54) is 16.9 Å². The first-order valence-corrected chi connectivity index (χ1v) is 11.7. The molecule has 1 aliphatic heterocycles. The Morgan fingerprint density at radius 3 is 2.38 bits per heavy atom. The van der Waals surface area contributed by atoms with Crippen LogP contribution in [-0.2, 0) is 17.8 Å². The number of aryl methyl sites for hydroxylation is 1. The van der Waals surface area contributed by atoms with Gasteiger partial charge in [-0.15, -0.1) is 10.2 Å². The third-order valence-electron chi connectivity index (χ3n) is 5.46. The average molecular weight is 450 g/mol. The fourth-order valence-corrected chi connectivity index (χ4v) is 4.48. The van der Waals surface area contributed by atoms with Gasteiger partial charge in [-0.25, -0.2) is 0 Å². The maximum Gasteiger partial charge on any atom is 0.286 e. The minimum Gasteiger partial charge on any atom is -0.353 e. The maximum absolute atomic E-state index is 12.4. The molecular weight excluding hydrogens is 422 g/mol. The normalized spacial score (nSPS) is 14.8. The van der Waals surface area contributed by atoms with Crippen LogP contribution in [0.2, 0.25) is 0 Å². The molecule has 8 heteroatoms. The molecule has 4 rings (SSSR count). The van der Waals surface area contributed by atoms with Gasteiger partial charge in [-0.1, -0.05) is 59.9 Å². The second-order valence-electron chi connectivity index (χ2n) is 7.92. The minimum absolute atomic E-state index is 0.0250. The number of hydrogen-bond acceptors (Lipinski definition) is 6. The van der Waals surface area contributed by atoms with E-state index in [0.717, 1.165) is 32.5 Å². The van der Waals surface area contributed by atoms with Crippen LogP contribution in [0.15, 0.2) is 60.7 Å². The third kappa shape index (κ3) is 6.45. The molecule has 1 saturated heterocycles. The first-order valence-electron chi connectivity index (χ1n) is 10.9. The standard InChI is InChI=1S/C24H27N5O2S/c30-21(25-20-13-15-29(16-14-20)17-18-7-3-1-4-8-18)11-12-22-27-28-24(32-22)23(31)26-19-9-5-2-6-10-19/h1-10,20H,11-17H2,(H,25,30)(H,26,31). The molecule has 7 nitrogen and oxygen atoms in total. The first-order chi connectivity index (χ1) is 15.7. The Kier molecular flexibility index (Phi) is 7.58. The molecule has 2 N–H and O–H groups in total. The van der Waals surface area contributed by atoms with Crippen LogP contribution < -0.4 is 10.6 Å². The van der Waals surface area contributed by atoms with Crippen molar-refractivity contribution < 1.29 is 9.59 Å². The molecule has 2 amide bonds. The quantitative estimate of drug-likeness (QED) is 0.550. The van der Waals surface area contributed by atoms with Crippen LogP contribution in [0.5, 0.6) is 0 Å². The smallest absolute Gasteiger partial charge is 0.286 e. The molecule has 0 unspecified atom stereocenters. The molecule has 2 heterocycles. The molecule has 1 aliphatic rings. The highest BCUT2D eigenvalue weighted by molar-refractivity contribution is 7.13. The number of piperidine rings is 1. The molecule has 3 aromatic rings. The lowest BCUT2D eigenvalue weighted by atomic mass is 10.0. The molecular formula is C24H27N5O2S. The summed E-state index contributed by atoms with van der Waals surface area (Å²) in [6.45, 7) is 2.92. The summed E-state index contributed by atoms with van der Waals surface area (Å²) in [4.78, 5) is 27.1. The third-order valence-corrected chi connectivity index (χ3v) is 6.44. The number of nitrogens with zero attached hydrogens (tertiary/aromatic N) is 3. The van der Waals surface area contributed by atoms with E-state index in [2.05, 4.69) is 50.0 Å². The van der Waals surface area contributed by atoms with Crippen molar-refractivity contribution in [3.8, 4) is 0 Å². The Morgan fingerprint density at radius 1 is 0.969 bits per heavy atom. The topological polar surface area (TPSA) is 87.2 Å². The van der Waals surface area contributed by atoms with Gasteiger partial charge in [-0.05, 0) is 30.5 Å². The second-order valence-corrected chi connectivity index (χ2v) is 8.99. The van der Waals surface area contributed by atoms with Crippen molar-refractivity contribution in [3.63, 3.8) is 0 Å². The lowest BCUT2D eigenvalue weighted by Crippen LogP contribution is -2.44. The number of carbonyl (C=O) groups is 2. The van der Waals surface area contributed by atoms with E-state index in [-0.39, 0.29) is 17.9 Å². The van der Waals surface area contributed by atoms with E-state index in [0.29, 0.717) is 28.5 Å². The van der Waals surface area contributed by atoms with Crippen molar-refractivity contribution in [2.24, 2.45) is 0 Å². The van der Waals surface area contributed by atoms with Crippen molar-refractivity contribution in [1.82, 2.24) is 20.4 Å². The van der Waals surface area contributed by atoms with Crippen molar-refractivity contribution in [3.05, 3.63) is 76.2 Å². The van der Waals surface area contributed by atoms with E-state index >= 15 is 0 Å². The number of para-hydroxylation sites is 1. The lowest BCUT2D eigenvalue weighted by molar-refractivity contribution is -0.122. The van der Waals surface area contributed by atoms with Crippen LogP contribution in [0.3, 0.4) is 0 Å². The zero-order valence-corrected chi connectivity index (χ0v) is 18.7. The van der Waals surface area contributed by atoms with Crippen molar-refractivity contribution in [2.45, 2.75) is 38.3 Å². The van der Waals surface area contributed by atoms with Crippen molar-refractivity contribution in [1.29, 1.82) is 0 Å². The van der Waals surface area contributed by atoms with Gasteiger partial charge in [0, 0.05) is 44.2 Å². The number of nitrogens with one attached hydrogen (secondary N) is 2. The summed E-state index contributed by atoms with van der Waals surface area (Å²) >= 11 is 1.23. The number of likely N-dealkylation sites (tertiary alicyclic amines) is 1. The molecule has 1 aromatic heterocycles. The zero-order chi connectivity index (χ0) is 22.2. The van der Waals surface area contributed by atoms with Crippen LogP contribution in [0.25, 0.3) is 0 Å². The Morgan fingerprint density at radius 2 is 1.66 bits per heavy atom. The Balaban J connectivity index is 1.17. The van der Waals surface area contributed by atoms with Crippen molar-refractivity contribution in [2.75, 3.05) is 18.4 Å². The van der Waals surface area contributed by atoms with Gasteiger partial charge in [0.05, 0.1) is 0 Å². The van der Waals surface area contributed by atoms with E-state index in [1.54, 1.807) is 0 Å². The molecule has 2 aromatic carbocycles. The van der Waals surface area contributed by atoms with Gasteiger partial charge >= 0.3 is 0 Å². The highest BCUT2D eigenvalue weighted by Gasteiger charge is 2.21. The lowest BCUT2D eigenvalue weighted by Gasteiger charge is -2.32. The van der Waals surface area contributed by atoms with Crippen LogP contribution in [0.4, 0.5) is 5.69 Å². The molecule has 0 radical (unpaired) electrons. The summed E-state index contributed by atoms with van der Waals surface area (Å²) in [5, 5.41) is 15.0. The number of benzene rings is 2. The molecule has 0 spiro atoms. The number of amides is 2. The molecule has 166 valence electrons. The van der Waals surface area contributed by atoms with Crippen LogP contribution >= 0.6 is 11.3 Å². The first kappa shape index (κ1) is 22.1. The predicted octanol–water partition coefficient (Wildman–Crippen LogP) is 3.50. The Hall–Kier alpha value is -3.10. The summed E-state index contributed by atoms with van der Waals surface area (Å²) in [5.74, 6) is -0.260. The summed E-state index contributed by atoms with van der Waals surface area (Å²) in [7, 11) is 0. The van der Waals surface area contributed by atoms with E-state index < -0.39 is 0 Å². The Bertz CT molecular complexity index is 1020. The van der Waals surface area contributed by atoms with Gasteiger partial charge in [0.2, 0.25) is 10.9 Å². The van der Waals surface area contributed by atoms with E-state index in [4.69, 9.17) is 0 Å². The maximum atomic E-state index is 12.4. The fourth-order valence-electron chi connectivity index (χ4n) is 3.75. The molecule has 32 heavy (non-hydrogen) atoms. The molecule has 1 fully saturated rings. The fraction of sp³-hybridized carbons (Fsp3) is 0.333. The highest BCUT2D eigenvalue weighted by atomic mass is 32.1. The number of carbonyl (C=O) groups excluding carboxylic acids is 2. The number of rotatable bonds is 8. The van der Waals surface area contributed by atoms with Crippen molar-refractivity contribution >= 4 is 28.8 Å². The molecule has 0 atom stereocenters. The van der Waals surface area contributed by atoms with Crippen LogP contribution in [0.1, 0.15) is 39.6 Å². The van der Waals surface area contributed by atoms with Crippen LogP contribution in [0, 0.1) is 0 Å². The van der Waals surface area contributed by atoms with Gasteiger partial charge in [-0.3, -0.25) is 14.5 Å². The summed E-state index contributed by atoms with van der Waals surface area (Å²) < 4.78 is 0. The monoisotopic (exact) mass is 449 g/mol. The second kappa shape index (κ2) is 11.0. The van der Waals surface area contributed by atoms with E-state index in [1.807, 2.05) is 36.4 Å². The Labute approximate surface area is 191 Å². The predicted molar refractivity (Wildman–Crippen MR) is 126 cm³/mol. The summed E-state index contributed by atoms with van der Waals surface area (Å²) in [5.41, 5.74) is 2.03. The summed E-state index contributed by atoms with van der Waals surface area (Å²) in [6, 6.07) is 19.9. The highest BCUT2D eigenvalue weighted by Crippen LogP contribution is 2.16. The largest absolute Gasteiger partial charge is 0.353 e. The van der Waals surface area contributed by atoms with Gasteiger partial charge in [-0.2, -0.15) is 0 Å². The zero-order valence-electron chi connectivity index (χ0n) is 17.9. The van der Waals surface area contributed by atoms with Crippen LogP contribution in [-0.4, -0.2) is 46.0 Å². The summed E-state index contributed by atoms with van der Waals surface area (Å²) in [6.07, 6.45) is 2.75. The van der Waals surface area contributed by atoms with E-state index in [9.17, 15) is 9.59 Å². The SMILES string of the molecule is O=C(CCc1nnc(C(=O)Nc2ccccc2)s1)NC1CCN(Cc2ccccc2)CC1. The number of anilines is 1. The average Bonchev–Trinajstić information content (AvgIpc) is 3.30.